The molecule has 0 spiro atoms. The van der Waals surface area contributed by atoms with Crippen LogP contribution < -0.4 is 0 Å². The summed E-state index contributed by atoms with van der Waals surface area (Å²) in [5, 5.41) is 8.58. The Morgan fingerprint density at radius 3 is 2.70 bits per heavy atom. The van der Waals surface area contributed by atoms with Crippen molar-refractivity contribution in [1.29, 1.82) is 0 Å². The van der Waals surface area contributed by atoms with Gasteiger partial charge in [0.05, 0.1) is 13.2 Å². The molecule has 0 aliphatic carbocycles. The third-order valence-corrected chi connectivity index (χ3v) is 3.37. The Morgan fingerprint density at radius 2 is 2.00 bits per heavy atom. The number of carbonyl (C=O) groups is 2. The molecule has 1 heterocycles. The summed E-state index contributed by atoms with van der Waals surface area (Å²) in [7, 11) is 0. The molecule has 1 amide bonds. The number of hydrogen-bond acceptors (Lipinski definition) is 3. The molecule has 0 saturated carbocycles. The first kappa shape index (κ1) is 14.5. The van der Waals surface area contributed by atoms with Crippen LogP contribution in [-0.4, -0.2) is 41.6 Å². The molecule has 5 nitrogen and oxygen atoms in total. The highest BCUT2D eigenvalue weighted by Gasteiger charge is 2.24. The van der Waals surface area contributed by atoms with Gasteiger partial charge in [0.25, 0.3) is 0 Å². The third-order valence-electron chi connectivity index (χ3n) is 3.37. The normalized spacial score (nSPS) is 18.8. The number of nitrogens with zero attached hydrogens (tertiary/aromatic N) is 1. The molecule has 1 aromatic carbocycles. The lowest BCUT2D eigenvalue weighted by atomic mass is 10.1. The Balaban J connectivity index is 1.87. The van der Waals surface area contributed by atoms with E-state index >= 15 is 0 Å². The average Bonchev–Trinajstić information content (AvgIpc) is 2.48. The van der Waals surface area contributed by atoms with Crippen molar-refractivity contribution in [2.45, 2.75) is 25.4 Å². The van der Waals surface area contributed by atoms with Gasteiger partial charge in [0.1, 0.15) is 6.10 Å². The highest BCUT2D eigenvalue weighted by Crippen LogP contribution is 2.22. The molecule has 0 aromatic heterocycles. The molecule has 1 atom stereocenters. The first-order chi connectivity index (χ1) is 9.66. The van der Waals surface area contributed by atoms with Gasteiger partial charge in [0.15, 0.2) is 0 Å². The number of rotatable bonds is 5. The quantitative estimate of drug-likeness (QED) is 0.891. The van der Waals surface area contributed by atoms with Crippen LogP contribution in [0.2, 0.25) is 0 Å². The molecule has 1 aliphatic heterocycles. The largest absolute Gasteiger partial charge is 0.481 e. The van der Waals surface area contributed by atoms with Crippen molar-refractivity contribution < 1.29 is 19.4 Å². The van der Waals surface area contributed by atoms with Crippen molar-refractivity contribution in [3.63, 3.8) is 0 Å². The number of hydrogen-bond donors (Lipinski definition) is 1. The van der Waals surface area contributed by atoms with Crippen molar-refractivity contribution in [2.75, 3.05) is 19.7 Å². The van der Waals surface area contributed by atoms with E-state index in [9.17, 15) is 9.59 Å². The summed E-state index contributed by atoms with van der Waals surface area (Å²) in [4.78, 5) is 24.3. The van der Waals surface area contributed by atoms with E-state index in [-0.39, 0.29) is 24.9 Å². The zero-order chi connectivity index (χ0) is 14.4. The fourth-order valence-electron chi connectivity index (χ4n) is 2.29. The highest BCUT2D eigenvalue weighted by molar-refractivity contribution is 5.77. The predicted molar refractivity (Wildman–Crippen MR) is 73.2 cm³/mol. The van der Waals surface area contributed by atoms with Crippen molar-refractivity contribution in [3.8, 4) is 0 Å². The third kappa shape index (κ3) is 4.06. The second kappa shape index (κ2) is 7.05. The van der Waals surface area contributed by atoms with Crippen LogP contribution in [0.5, 0.6) is 0 Å². The highest BCUT2D eigenvalue weighted by atomic mass is 16.5. The lowest BCUT2D eigenvalue weighted by Gasteiger charge is -2.33. The number of benzene rings is 1. The molecular formula is C15H19NO4. The van der Waals surface area contributed by atoms with Gasteiger partial charge in [-0.05, 0) is 12.0 Å². The van der Waals surface area contributed by atoms with Gasteiger partial charge >= 0.3 is 5.97 Å². The van der Waals surface area contributed by atoms with Crippen LogP contribution in [0.3, 0.4) is 0 Å². The standard InChI is InChI=1S/C15H19NO4/c17-14(7-4-8-15(18)19)16-9-10-20-13(11-16)12-5-2-1-3-6-12/h1-3,5-6,13H,4,7-11H2,(H,18,19)/t13-/m0/s1. The fourth-order valence-corrected chi connectivity index (χ4v) is 2.29. The molecule has 1 N–H and O–H groups in total. The number of ether oxygens (including phenoxy) is 1. The smallest absolute Gasteiger partial charge is 0.303 e. The molecule has 0 bridgehead atoms. The number of amides is 1. The van der Waals surface area contributed by atoms with E-state index in [0.717, 1.165) is 5.56 Å². The minimum absolute atomic E-state index is 0.00970. The van der Waals surface area contributed by atoms with E-state index in [0.29, 0.717) is 26.1 Å². The topological polar surface area (TPSA) is 66.8 Å². The summed E-state index contributed by atoms with van der Waals surface area (Å²) in [6, 6.07) is 9.83. The van der Waals surface area contributed by atoms with Gasteiger partial charge in [0, 0.05) is 19.4 Å². The molecule has 1 fully saturated rings. The van der Waals surface area contributed by atoms with E-state index in [4.69, 9.17) is 9.84 Å². The van der Waals surface area contributed by atoms with Crippen LogP contribution in [0.15, 0.2) is 30.3 Å². The number of carboxylic acids is 1. The van der Waals surface area contributed by atoms with Crippen LogP contribution >= 0.6 is 0 Å². The first-order valence-electron chi connectivity index (χ1n) is 6.83. The first-order valence-corrected chi connectivity index (χ1v) is 6.83. The Labute approximate surface area is 118 Å². The van der Waals surface area contributed by atoms with Gasteiger partial charge in [0.2, 0.25) is 5.91 Å². The molecule has 20 heavy (non-hydrogen) atoms. The van der Waals surface area contributed by atoms with E-state index < -0.39 is 5.97 Å². The molecular weight excluding hydrogens is 258 g/mol. The lowest BCUT2D eigenvalue weighted by molar-refractivity contribution is -0.140. The van der Waals surface area contributed by atoms with Crippen LogP contribution in [0.25, 0.3) is 0 Å². The van der Waals surface area contributed by atoms with E-state index in [2.05, 4.69) is 0 Å². The molecule has 0 unspecified atom stereocenters. The zero-order valence-corrected chi connectivity index (χ0v) is 11.3. The maximum Gasteiger partial charge on any atom is 0.303 e. The fraction of sp³-hybridized carbons (Fsp3) is 0.467. The molecule has 1 aliphatic rings. The number of morpholine rings is 1. The maximum absolute atomic E-state index is 12.0. The molecule has 2 rings (SSSR count). The second-order valence-electron chi connectivity index (χ2n) is 4.86. The predicted octanol–water partition coefficient (Wildman–Crippen LogP) is 1.84. The van der Waals surface area contributed by atoms with E-state index in [1.807, 2.05) is 30.3 Å². The number of aliphatic carboxylic acids is 1. The number of carbonyl (C=O) groups excluding carboxylic acids is 1. The zero-order valence-electron chi connectivity index (χ0n) is 11.3. The molecule has 5 heteroatoms. The number of carboxylic acid groups (broad SMARTS) is 1. The van der Waals surface area contributed by atoms with E-state index in [1.54, 1.807) is 4.90 Å². The molecule has 0 radical (unpaired) electrons. The van der Waals surface area contributed by atoms with Crippen molar-refractivity contribution in [2.24, 2.45) is 0 Å². The Morgan fingerprint density at radius 1 is 1.25 bits per heavy atom. The maximum atomic E-state index is 12.0. The average molecular weight is 277 g/mol. The van der Waals surface area contributed by atoms with Gasteiger partial charge in [-0.3, -0.25) is 9.59 Å². The van der Waals surface area contributed by atoms with E-state index in [1.165, 1.54) is 0 Å². The van der Waals surface area contributed by atoms with Gasteiger partial charge in [-0.1, -0.05) is 30.3 Å². The Bertz CT molecular complexity index is 460. The summed E-state index contributed by atoms with van der Waals surface area (Å²) in [5.74, 6) is -0.850. The van der Waals surface area contributed by atoms with Crippen LogP contribution in [-0.2, 0) is 14.3 Å². The van der Waals surface area contributed by atoms with Gasteiger partial charge in [-0.25, -0.2) is 0 Å². The van der Waals surface area contributed by atoms with Crippen LogP contribution in [0, 0.1) is 0 Å². The summed E-state index contributed by atoms with van der Waals surface area (Å²) >= 11 is 0. The molecule has 1 aromatic rings. The minimum Gasteiger partial charge on any atom is -0.481 e. The van der Waals surface area contributed by atoms with Gasteiger partial charge < -0.3 is 14.7 Å². The second-order valence-corrected chi connectivity index (χ2v) is 4.86. The summed E-state index contributed by atoms with van der Waals surface area (Å²) in [6.45, 7) is 1.63. The van der Waals surface area contributed by atoms with Crippen LogP contribution in [0.1, 0.15) is 30.9 Å². The minimum atomic E-state index is -0.859. The SMILES string of the molecule is O=C(O)CCCC(=O)N1CCO[C@H](c2ccccc2)C1. The monoisotopic (exact) mass is 277 g/mol. The molecule has 1 saturated heterocycles. The Kier molecular flexibility index (Phi) is 5.12. The van der Waals surface area contributed by atoms with Crippen LogP contribution in [0.4, 0.5) is 0 Å². The van der Waals surface area contributed by atoms with Crippen molar-refractivity contribution >= 4 is 11.9 Å². The lowest BCUT2D eigenvalue weighted by Crippen LogP contribution is -2.42. The summed E-state index contributed by atoms with van der Waals surface area (Å²) < 4.78 is 5.70. The van der Waals surface area contributed by atoms with Gasteiger partial charge in [-0.2, -0.15) is 0 Å². The van der Waals surface area contributed by atoms with Crippen molar-refractivity contribution in [3.05, 3.63) is 35.9 Å². The van der Waals surface area contributed by atoms with Crippen molar-refractivity contribution in [1.82, 2.24) is 4.90 Å². The summed E-state index contributed by atoms with van der Waals surface area (Å²) in [6.07, 6.45) is 0.626. The summed E-state index contributed by atoms with van der Waals surface area (Å²) in [5.41, 5.74) is 1.07. The molecule has 108 valence electrons. The Hall–Kier alpha value is -1.88. The van der Waals surface area contributed by atoms with Gasteiger partial charge in [-0.15, -0.1) is 0 Å².